The van der Waals surface area contributed by atoms with Gasteiger partial charge in [0.05, 0.1) is 5.75 Å². The molecule has 1 aliphatic rings. The average Bonchev–Trinajstić information content (AvgIpc) is 3.02. The Labute approximate surface area is 131 Å². The van der Waals surface area contributed by atoms with Crippen molar-refractivity contribution in [1.29, 1.82) is 0 Å². The Balaban J connectivity index is 1.67. The van der Waals surface area contributed by atoms with E-state index in [4.69, 9.17) is 0 Å². The highest BCUT2D eigenvalue weighted by Crippen LogP contribution is 2.22. The van der Waals surface area contributed by atoms with Crippen molar-refractivity contribution in [2.24, 2.45) is 0 Å². The molecule has 3 rings (SSSR count). The molecule has 1 aliphatic heterocycles. The van der Waals surface area contributed by atoms with E-state index in [9.17, 15) is 8.42 Å². The number of hydrogen-bond donors (Lipinski definition) is 1. The Bertz CT molecular complexity index is 706. The van der Waals surface area contributed by atoms with Gasteiger partial charge in [0.2, 0.25) is 10.0 Å². The first-order valence-corrected chi connectivity index (χ1v) is 9.17. The van der Waals surface area contributed by atoms with Crippen molar-refractivity contribution in [2.45, 2.75) is 18.6 Å². The van der Waals surface area contributed by atoms with Crippen LogP contribution >= 0.6 is 0 Å². The smallest absolute Gasteiger partial charge is 0.236 e. The topological polar surface area (TPSA) is 49.4 Å². The van der Waals surface area contributed by atoms with Crippen LogP contribution in [0.3, 0.4) is 0 Å². The number of sulfonamides is 1. The van der Waals surface area contributed by atoms with Crippen LogP contribution in [0.2, 0.25) is 0 Å². The fraction of sp³-hybridized carbons (Fsp3) is 0.294. The number of benzene rings is 2. The lowest BCUT2D eigenvalue weighted by Crippen LogP contribution is -2.18. The molecule has 0 bridgehead atoms. The second-order valence-electron chi connectivity index (χ2n) is 5.59. The summed E-state index contributed by atoms with van der Waals surface area (Å²) < 4.78 is 27.0. The first kappa shape index (κ1) is 14.9. The van der Waals surface area contributed by atoms with Crippen LogP contribution in [0.5, 0.6) is 0 Å². The summed E-state index contributed by atoms with van der Waals surface area (Å²) >= 11 is 0. The van der Waals surface area contributed by atoms with Gasteiger partial charge in [-0.2, -0.15) is 0 Å². The fourth-order valence-corrected chi connectivity index (χ4v) is 3.92. The summed E-state index contributed by atoms with van der Waals surface area (Å²) in [7, 11) is -3.38. The van der Waals surface area contributed by atoms with Crippen molar-refractivity contribution in [1.82, 2.24) is 0 Å². The number of hydrogen-bond acceptors (Lipinski definition) is 3. The van der Waals surface area contributed by atoms with Crippen LogP contribution in [-0.2, 0) is 15.8 Å². The second-order valence-corrected chi connectivity index (χ2v) is 7.31. The zero-order chi connectivity index (χ0) is 15.4. The summed E-state index contributed by atoms with van der Waals surface area (Å²) in [5.74, 6) is -0.0122. The lowest BCUT2D eigenvalue weighted by molar-refractivity contribution is 0.600. The predicted molar refractivity (Wildman–Crippen MR) is 90.6 cm³/mol. The second kappa shape index (κ2) is 6.40. The van der Waals surface area contributed by atoms with Gasteiger partial charge in [0.1, 0.15) is 0 Å². The molecule has 1 N–H and O–H groups in total. The molecule has 0 radical (unpaired) electrons. The summed E-state index contributed by atoms with van der Waals surface area (Å²) in [5.41, 5.74) is 2.55. The Morgan fingerprint density at radius 1 is 0.909 bits per heavy atom. The van der Waals surface area contributed by atoms with Crippen LogP contribution in [-0.4, -0.2) is 21.5 Å². The maximum atomic E-state index is 12.2. The minimum absolute atomic E-state index is 0.0122. The number of rotatable bonds is 5. The third-order valence-corrected chi connectivity index (χ3v) is 5.07. The average molecular weight is 316 g/mol. The van der Waals surface area contributed by atoms with E-state index in [-0.39, 0.29) is 5.75 Å². The quantitative estimate of drug-likeness (QED) is 0.921. The van der Waals surface area contributed by atoms with Gasteiger partial charge in [0, 0.05) is 24.5 Å². The molecule has 0 amide bonds. The molecule has 0 unspecified atom stereocenters. The number of anilines is 2. The van der Waals surface area contributed by atoms with Crippen molar-refractivity contribution in [3.8, 4) is 0 Å². The molecule has 0 spiro atoms. The molecular formula is C17H20N2O2S. The molecule has 1 saturated heterocycles. The van der Waals surface area contributed by atoms with Gasteiger partial charge in [0.15, 0.2) is 0 Å². The van der Waals surface area contributed by atoms with Crippen LogP contribution in [0.25, 0.3) is 0 Å². The summed E-state index contributed by atoms with van der Waals surface area (Å²) in [5, 5.41) is 0. The summed E-state index contributed by atoms with van der Waals surface area (Å²) in [6, 6.07) is 16.8. The Morgan fingerprint density at radius 3 is 2.18 bits per heavy atom. The van der Waals surface area contributed by atoms with E-state index in [0.717, 1.165) is 24.3 Å². The molecule has 2 aromatic rings. The molecule has 1 fully saturated rings. The van der Waals surface area contributed by atoms with Crippen LogP contribution < -0.4 is 9.62 Å². The third kappa shape index (κ3) is 3.80. The van der Waals surface area contributed by atoms with Gasteiger partial charge in [-0.15, -0.1) is 0 Å². The van der Waals surface area contributed by atoms with Gasteiger partial charge in [-0.25, -0.2) is 8.42 Å². The molecule has 0 atom stereocenters. The van der Waals surface area contributed by atoms with E-state index < -0.39 is 10.0 Å². The first-order valence-electron chi connectivity index (χ1n) is 7.52. The number of nitrogens with zero attached hydrogens (tertiary/aromatic N) is 1. The highest BCUT2D eigenvalue weighted by molar-refractivity contribution is 7.91. The molecular weight excluding hydrogens is 296 g/mol. The van der Waals surface area contributed by atoms with E-state index in [1.54, 1.807) is 0 Å². The molecule has 22 heavy (non-hydrogen) atoms. The van der Waals surface area contributed by atoms with Gasteiger partial charge in [0.25, 0.3) is 0 Å². The van der Waals surface area contributed by atoms with Crippen LogP contribution in [0, 0.1) is 0 Å². The molecule has 0 aliphatic carbocycles. The van der Waals surface area contributed by atoms with Crippen molar-refractivity contribution in [2.75, 3.05) is 22.7 Å². The summed E-state index contributed by atoms with van der Waals surface area (Å²) in [6.07, 6.45) is 2.46. The van der Waals surface area contributed by atoms with E-state index in [0.29, 0.717) is 5.69 Å². The Morgan fingerprint density at radius 2 is 1.55 bits per heavy atom. The van der Waals surface area contributed by atoms with Gasteiger partial charge in [-0.05, 0) is 42.7 Å². The van der Waals surface area contributed by atoms with Crippen molar-refractivity contribution < 1.29 is 8.42 Å². The molecule has 1 heterocycles. The van der Waals surface area contributed by atoms with Gasteiger partial charge < -0.3 is 4.90 Å². The van der Waals surface area contributed by atoms with Crippen molar-refractivity contribution in [3.63, 3.8) is 0 Å². The highest BCUT2D eigenvalue weighted by atomic mass is 32.2. The zero-order valence-electron chi connectivity index (χ0n) is 12.4. The lowest BCUT2D eigenvalue weighted by atomic mass is 10.2. The van der Waals surface area contributed by atoms with E-state index in [1.807, 2.05) is 54.6 Å². The predicted octanol–water partition coefficient (Wildman–Crippen LogP) is 3.23. The first-order chi connectivity index (χ1) is 10.6. The summed E-state index contributed by atoms with van der Waals surface area (Å²) in [4.78, 5) is 2.32. The Kier molecular flexibility index (Phi) is 4.34. The van der Waals surface area contributed by atoms with E-state index in [1.165, 1.54) is 12.8 Å². The van der Waals surface area contributed by atoms with Gasteiger partial charge in [-0.1, -0.05) is 30.3 Å². The van der Waals surface area contributed by atoms with E-state index in [2.05, 4.69) is 9.62 Å². The largest absolute Gasteiger partial charge is 0.372 e. The SMILES string of the molecule is O=S(=O)(Cc1ccccc1)Nc1ccc(N2CCCC2)cc1. The molecule has 4 nitrogen and oxygen atoms in total. The molecule has 116 valence electrons. The molecule has 2 aromatic carbocycles. The summed E-state index contributed by atoms with van der Waals surface area (Å²) in [6.45, 7) is 2.16. The molecule has 5 heteroatoms. The minimum atomic E-state index is -3.38. The standard InChI is InChI=1S/C17H20N2O2S/c20-22(21,14-15-6-2-1-3-7-15)18-16-8-10-17(11-9-16)19-12-4-5-13-19/h1-3,6-11,18H,4-5,12-14H2. The lowest BCUT2D eigenvalue weighted by Gasteiger charge is -2.18. The maximum absolute atomic E-state index is 12.2. The molecule has 0 saturated carbocycles. The van der Waals surface area contributed by atoms with Gasteiger partial charge in [-0.3, -0.25) is 4.72 Å². The van der Waals surface area contributed by atoms with Crippen LogP contribution in [0.15, 0.2) is 54.6 Å². The van der Waals surface area contributed by atoms with Crippen molar-refractivity contribution in [3.05, 3.63) is 60.2 Å². The van der Waals surface area contributed by atoms with Crippen molar-refractivity contribution >= 4 is 21.4 Å². The Hall–Kier alpha value is -2.01. The van der Waals surface area contributed by atoms with Crippen LogP contribution in [0.1, 0.15) is 18.4 Å². The van der Waals surface area contributed by atoms with E-state index >= 15 is 0 Å². The normalized spacial score (nSPS) is 15.0. The fourth-order valence-electron chi connectivity index (χ4n) is 2.72. The maximum Gasteiger partial charge on any atom is 0.236 e. The highest BCUT2D eigenvalue weighted by Gasteiger charge is 2.14. The van der Waals surface area contributed by atoms with Gasteiger partial charge >= 0.3 is 0 Å². The zero-order valence-corrected chi connectivity index (χ0v) is 13.2. The monoisotopic (exact) mass is 316 g/mol. The number of nitrogens with one attached hydrogen (secondary N) is 1. The molecule has 0 aromatic heterocycles. The van der Waals surface area contributed by atoms with Crippen LogP contribution in [0.4, 0.5) is 11.4 Å². The minimum Gasteiger partial charge on any atom is -0.372 e. The third-order valence-electron chi connectivity index (χ3n) is 3.81.